The summed E-state index contributed by atoms with van der Waals surface area (Å²) in [7, 11) is 0. The number of rotatable bonds is 8. The Morgan fingerprint density at radius 2 is 1.85 bits per heavy atom. The quantitative estimate of drug-likeness (QED) is 0.554. The van der Waals surface area contributed by atoms with Crippen molar-refractivity contribution in [2.45, 2.75) is 70.9 Å². The highest BCUT2D eigenvalue weighted by Gasteiger charge is 2.47. The SMILES string of the molecule is C[C@@H]1[C@@H](C(C)(C)O)[C@H](CCO)O[C@@H]1CCc1ccc(NC(=O)[C@H](C)O)cc1. The molecule has 2 rings (SSSR count). The number of ether oxygens (including phenoxy) is 1. The number of carbonyl (C=O) groups excluding carboxylic acids is 1. The van der Waals surface area contributed by atoms with Crippen LogP contribution in [-0.4, -0.2) is 51.7 Å². The third-order valence-electron chi connectivity index (χ3n) is 5.45. The lowest BCUT2D eigenvalue weighted by molar-refractivity contribution is -0.123. The summed E-state index contributed by atoms with van der Waals surface area (Å²) in [5.74, 6) is -0.234. The highest BCUT2D eigenvalue weighted by atomic mass is 16.5. The van der Waals surface area contributed by atoms with Gasteiger partial charge in [-0.05, 0) is 63.6 Å². The summed E-state index contributed by atoms with van der Waals surface area (Å²) < 4.78 is 6.17. The first-order valence-electron chi connectivity index (χ1n) is 9.70. The lowest BCUT2D eigenvalue weighted by Crippen LogP contribution is -2.40. The van der Waals surface area contributed by atoms with Crippen molar-refractivity contribution >= 4 is 11.6 Å². The van der Waals surface area contributed by atoms with E-state index >= 15 is 0 Å². The predicted molar refractivity (Wildman–Crippen MR) is 104 cm³/mol. The number of aliphatic hydroxyl groups is 3. The average molecular weight is 379 g/mol. The number of aliphatic hydroxyl groups excluding tert-OH is 2. The Hall–Kier alpha value is -1.47. The Labute approximate surface area is 161 Å². The van der Waals surface area contributed by atoms with E-state index in [0.29, 0.717) is 12.1 Å². The number of carbonyl (C=O) groups is 1. The van der Waals surface area contributed by atoms with Crippen LogP contribution in [0.2, 0.25) is 0 Å². The maximum atomic E-state index is 11.5. The van der Waals surface area contributed by atoms with E-state index in [1.54, 1.807) is 0 Å². The summed E-state index contributed by atoms with van der Waals surface area (Å²) in [6.45, 7) is 7.21. The second kappa shape index (κ2) is 9.15. The van der Waals surface area contributed by atoms with Crippen LogP contribution in [-0.2, 0) is 16.0 Å². The molecule has 6 heteroatoms. The molecule has 0 saturated carbocycles. The van der Waals surface area contributed by atoms with Gasteiger partial charge in [-0.3, -0.25) is 4.79 Å². The van der Waals surface area contributed by atoms with Crippen LogP contribution in [0.1, 0.15) is 46.1 Å². The zero-order valence-electron chi connectivity index (χ0n) is 16.7. The van der Waals surface area contributed by atoms with Crippen LogP contribution < -0.4 is 5.32 Å². The Kier molecular flexibility index (Phi) is 7.40. The molecule has 1 heterocycles. The first-order valence-corrected chi connectivity index (χ1v) is 9.70. The van der Waals surface area contributed by atoms with Crippen molar-refractivity contribution in [3.05, 3.63) is 29.8 Å². The Balaban J connectivity index is 1.95. The van der Waals surface area contributed by atoms with E-state index in [-0.39, 0.29) is 30.7 Å². The molecule has 0 aromatic heterocycles. The topological polar surface area (TPSA) is 99.0 Å². The molecule has 27 heavy (non-hydrogen) atoms. The molecule has 0 bridgehead atoms. The molecule has 1 saturated heterocycles. The molecule has 0 aliphatic carbocycles. The van der Waals surface area contributed by atoms with Crippen molar-refractivity contribution in [3.8, 4) is 0 Å². The van der Waals surface area contributed by atoms with Crippen LogP contribution in [0, 0.1) is 11.8 Å². The van der Waals surface area contributed by atoms with Gasteiger partial charge in [-0.2, -0.15) is 0 Å². The van der Waals surface area contributed by atoms with E-state index in [4.69, 9.17) is 4.74 Å². The van der Waals surface area contributed by atoms with Crippen LogP contribution in [0.3, 0.4) is 0 Å². The van der Waals surface area contributed by atoms with Gasteiger partial charge in [-0.15, -0.1) is 0 Å². The fourth-order valence-corrected chi connectivity index (χ4v) is 4.12. The summed E-state index contributed by atoms with van der Waals surface area (Å²) in [6, 6.07) is 7.55. The number of nitrogens with one attached hydrogen (secondary N) is 1. The van der Waals surface area contributed by atoms with Gasteiger partial charge >= 0.3 is 0 Å². The average Bonchev–Trinajstić information content (AvgIpc) is 2.90. The third kappa shape index (κ3) is 5.75. The van der Waals surface area contributed by atoms with Gasteiger partial charge < -0.3 is 25.4 Å². The van der Waals surface area contributed by atoms with E-state index in [9.17, 15) is 20.1 Å². The largest absolute Gasteiger partial charge is 0.396 e. The molecule has 152 valence electrons. The minimum Gasteiger partial charge on any atom is -0.396 e. The summed E-state index contributed by atoms with van der Waals surface area (Å²) in [5.41, 5.74) is 0.934. The predicted octanol–water partition coefficient (Wildman–Crippen LogP) is 2.11. The standard InChI is InChI=1S/C21H33NO5/c1-13-17(27-18(11-12-23)19(13)21(3,4)26)10-7-15-5-8-16(9-6-15)22-20(25)14(2)24/h5-6,8-9,13-14,17-19,23-24,26H,7,10-12H2,1-4H3,(H,22,25)/t13-,14-,17+,18-,19+/m0/s1. The van der Waals surface area contributed by atoms with E-state index in [1.165, 1.54) is 6.92 Å². The summed E-state index contributed by atoms with van der Waals surface area (Å²) in [5, 5.41) is 31.7. The zero-order chi connectivity index (χ0) is 20.2. The summed E-state index contributed by atoms with van der Waals surface area (Å²) >= 11 is 0. The third-order valence-corrected chi connectivity index (χ3v) is 5.45. The number of aryl methyl sites for hydroxylation is 1. The number of hydrogen-bond acceptors (Lipinski definition) is 5. The molecule has 1 aromatic rings. The monoisotopic (exact) mass is 379 g/mol. The van der Waals surface area contributed by atoms with E-state index in [2.05, 4.69) is 12.2 Å². The minimum absolute atomic E-state index is 0.00675. The van der Waals surface area contributed by atoms with Gasteiger partial charge in [-0.1, -0.05) is 19.1 Å². The molecule has 1 fully saturated rings. The van der Waals surface area contributed by atoms with Gasteiger partial charge in [0.1, 0.15) is 6.10 Å². The molecular weight excluding hydrogens is 346 g/mol. The number of amides is 1. The van der Waals surface area contributed by atoms with E-state index < -0.39 is 17.6 Å². The van der Waals surface area contributed by atoms with E-state index in [1.807, 2.05) is 38.1 Å². The minimum atomic E-state index is -1.04. The van der Waals surface area contributed by atoms with E-state index in [0.717, 1.165) is 18.4 Å². The number of anilines is 1. The van der Waals surface area contributed by atoms with Gasteiger partial charge in [0.15, 0.2) is 0 Å². The normalized spacial score (nSPS) is 26.8. The molecule has 1 aromatic carbocycles. The van der Waals surface area contributed by atoms with Crippen LogP contribution in [0.5, 0.6) is 0 Å². The van der Waals surface area contributed by atoms with Gasteiger partial charge in [0.25, 0.3) is 5.91 Å². The molecule has 1 aliphatic rings. The van der Waals surface area contributed by atoms with Crippen molar-refractivity contribution in [1.82, 2.24) is 0 Å². The van der Waals surface area contributed by atoms with Crippen LogP contribution in [0.4, 0.5) is 5.69 Å². The lowest BCUT2D eigenvalue weighted by atomic mass is 9.76. The smallest absolute Gasteiger partial charge is 0.252 e. The maximum Gasteiger partial charge on any atom is 0.252 e. The molecular formula is C21H33NO5. The Bertz CT molecular complexity index is 608. The number of hydrogen-bond donors (Lipinski definition) is 4. The molecule has 5 atom stereocenters. The summed E-state index contributed by atoms with van der Waals surface area (Å²) in [6.07, 6.45) is 1.05. The Morgan fingerprint density at radius 3 is 2.37 bits per heavy atom. The van der Waals surface area contributed by atoms with Crippen molar-refractivity contribution in [2.24, 2.45) is 11.8 Å². The first-order chi connectivity index (χ1) is 12.6. The number of benzene rings is 1. The molecule has 0 unspecified atom stereocenters. The van der Waals surface area contributed by atoms with Gasteiger partial charge in [-0.25, -0.2) is 0 Å². The van der Waals surface area contributed by atoms with Gasteiger partial charge in [0.05, 0.1) is 17.8 Å². The van der Waals surface area contributed by atoms with Crippen molar-refractivity contribution in [3.63, 3.8) is 0 Å². The highest BCUT2D eigenvalue weighted by molar-refractivity contribution is 5.93. The van der Waals surface area contributed by atoms with Gasteiger partial charge in [0, 0.05) is 18.2 Å². The van der Waals surface area contributed by atoms with Crippen molar-refractivity contribution < 1.29 is 24.9 Å². The highest BCUT2D eigenvalue weighted by Crippen LogP contribution is 2.42. The second-order valence-electron chi connectivity index (χ2n) is 8.16. The molecule has 6 nitrogen and oxygen atoms in total. The van der Waals surface area contributed by atoms with Crippen LogP contribution in [0.15, 0.2) is 24.3 Å². The first kappa shape index (κ1) is 21.8. The molecule has 0 spiro atoms. The van der Waals surface area contributed by atoms with Gasteiger partial charge in [0.2, 0.25) is 0 Å². The fraction of sp³-hybridized carbons (Fsp3) is 0.667. The van der Waals surface area contributed by atoms with Crippen LogP contribution >= 0.6 is 0 Å². The van der Waals surface area contributed by atoms with Crippen LogP contribution in [0.25, 0.3) is 0 Å². The maximum absolute atomic E-state index is 11.5. The molecule has 4 N–H and O–H groups in total. The fourth-order valence-electron chi connectivity index (χ4n) is 4.12. The molecule has 0 radical (unpaired) electrons. The zero-order valence-corrected chi connectivity index (χ0v) is 16.7. The molecule has 1 aliphatic heterocycles. The summed E-state index contributed by atoms with van der Waals surface area (Å²) in [4.78, 5) is 11.5. The van der Waals surface area contributed by atoms with Crippen molar-refractivity contribution in [2.75, 3.05) is 11.9 Å². The Morgan fingerprint density at radius 1 is 1.22 bits per heavy atom. The molecule has 1 amide bonds. The van der Waals surface area contributed by atoms with Crippen molar-refractivity contribution in [1.29, 1.82) is 0 Å². The second-order valence-corrected chi connectivity index (χ2v) is 8.16. The lowest BCUT2D eigenvalue weighted by Gasteiger charge is -2.32.